The number of alkyl halides is 3. The minimum Gasteiger partial charge on any atom is -0.345 e. The number of aromatic nitrogens is 1. The standard InChI is InChI=1S/C23H22F3N5O4S/c1-14-3-5-16(6-4-14)28(2)19(32)13-29-7-9-30(10-8-29)22-27-21(33)17-11-15(23(24,25)26)12-18(31(34)35)20(17)36-22/h3-6,11-12H,7-10,13H2,1-2H3. The summed E-state index contributed by atoms with van der Waals surface area (Å²) in [5.74, 6) is -0.0862. The van der Waals surface area contributed by atoms with Gasteiger partial charge in [-0.1, -0.05) is 29.0 Å². The molecule has 0 N–H and O–H groups in total. The molecule has 0 spiro atoms. The SMILES string of the molecule is Cc1ccc(N(C)C(=O)CN2CCN(c3nc(=O)c4cc(C(F)(F)F)cc([N+](=O)[O-])c4s3)CC2)cc1. The fraction of sp³-hybridized carbons (Fsp3) is 0.348. The Labute approximate surface area is 207 Å². The summed E-state index contributed by atoms with van der Waals surface area (Å²) in [6.45, 7) is 3.89. The smallest absolute Gasteiger partial charge is 0.345 e. The average molecular weight is 522 g/mol. The van der Waals surface area contributed by atoms with Crippen LogP contribution in [0.2, 0.25) is 0 Å². The monoisotopic (exact) mass is 521 g/mol. The second-order valence-electron chi connectivity index (χ2n) is 8.48. The number of likely N-dealkylation sites (N-methyl/N-ethyl adjacent to an activating group) is 1. The Morgan fingerprint density at radius 3 is 2.39 bits per heavy atom. The molecule has 2 heterocycles. The molecule has 1 saturated heterocycles. The minimum absolute atomic E-state index is 0.0862. The predicted molar refractivity (Wildman–Crippen MR) is 131 cm³/mol. The first-order valence-electron chi connectivity index (χ1n) is 10.9. The maximum absolute atomic E-state index is 13.2. The normalized spacial score (nSPS) is 14.8. The number of hydrogen-bond donors (Lipinski definition) is 0. The zero-order valence-electron chi connectivity index (χ0n) is 19.4. The summed E-state index contributed by atoms with van der Waals surface area (Å²) in [6, 6.07) is 8.63. The number of anilines is 2. The Bertz CT molecular complexity index is 1370. The summed E-state index contributed by atoms with van der Waals surface area (Å²) in [5, 5.41) is 11.2. The summed E-state index contributed by atoms with van der Waals surface area (Å²) in [4.78, 5) is 45.0. The van der Waals surface area contributed by atoms with Crippen molar-refractivity contribution >= 4 is 43.8 Å². The van der Waals surface area contributed by atoms with E-state index in [9.17, 15) is 32.9 Å². The molecule has 190 valence electrons. The van der Waals surface area contributed by atoms with Crippen molar-refractivity contribution in [1.29, 1.82) is 0 Å². The summed E-state index contributed by atoms with van der Waals surface area (Å²) in [5.41, 5.74) is -1.13. The van der Waals surface area contributed by atoms with Gasteiger partial charge in [-0.3, -0.25) is 24.6 Å². The number of nitro benzene ring substituents is 1. The van der Waals surface area contributed by atoms with Gasteiger partial charge in [-0.25, -0.2) is 0 Å². The largest absolute Gasteiger partial charge is 0.416 e. The highest BCUT2D eigenvalue weighted by Crippen LogP contribution is 2.38. The van der Waals surface area contributed by atoms with Gasteiger partial charge in [0.15, 0.2) is 5.13 Å². The molecule has 9 nitrogen and oxygen atoms in total. The van der Waals surface area contributed by atoms with E-state index in [1.165, 1.54) is 0 Å². The maximum atomic E-state index is 13.2. The van der Waals surface area contributed by atoms with Gasteiger partial charge in [0.1, 0.15) is 4.70 Å². The van der Waals surface area contributed by atoms with E-state index < -0.39 is 33.3 Å². The first kappa shape index (κ1) is 25.5. The van der Waals surface area contributed by atoms with Gasteiger partial charge in [0.25, 0.3) is 11.2 Å². The first-order valence-corrected chi connectivity index (χ1v) is 11.8. The van der Waals surface area contributed by atoms with E-state index >= 15 is 0 Å². The van der Waals surface area contributed by atoms with Crippen LogP contribution in [0.15, 0.2) is 41.2 Å². The van der Waals surface area contributed by atoms with Crippen LogP contribution < -0.4 is 15.4 Å². The van der Waals surface area contributed by atoms with Gasteiger partial charge in [-0.2, -0.15) is 18.2 Å². The van der Waals surface area contributed by atoms with Crippen molar-refractivity contribution in [3.63, 3.8) is 0 Å². The number of piperazine rings is 1. The average Bonchev–Trinajstić information content (AvgIpc) is 2.83. The van der Waals surface area contributed by atoms with Crippen molar-refractivity contribution < 1.29 is 22.9 Å². The summed E-state index contributed by atoms with van der Waals surface area (Å²) >= 11 is 0.812. The summed E-state index contributed by atoms with van der Waals surface area (Å²) < 4.78 is 39.4. The lowest BCUT2D eigenvalue weighted by atomic mass is 10.1. The van der Waals surface area contributed by atoms with Crippen LogP contribution >= 0.6 is 11.3 Å². The van der Waals surface area contributed by atoms with Crippen LogP contribution in [-0.4, -0.2) is 60.5 Å². The molecular formula is C23H22F3N5O4S. The van der Waals surface area contributed by atoms with Crippen LogP contribution in [0, 0.1) is 17.0 Å². The van der Waals surface area contributed by atoms with E-state index in [0.717, 1.165) is 22.6 Å². The van der Waals surface area contributed by atoms with Crippen molar-refractivity contribution in [2.45, 2.75) is 13.1 Å². The van der Waals surface area contributed by atoms with E-state index in [2.05, 4.69) is 4.98 Å². The number of nitro groups is 1. The molecule has 0 radical (unpaired) electrons. The number of fused-ring (bicyclic) bond motifs is 1. The van der Waals surface area contributed by atoms with Crippen LogP contribution in [-0.2, 0) is 11.0 Å². The van der Waals surface area contributed by atoms with Crippen molar-refractivity contribution in [1.82, 2.24) is 9.88 Å². The Balaban J connectivity index is 1.49. The van der Waals surface area contributed by atoms with E-state index in [4.69, 9.17) is 0 Å². The first-order chi connectivity index (χ1) is 16.9. The lowest BCUT2D eigenvalue weighted by Gasteiger charge is -2.35. The highest BCUT2D eigenvalue weighted by molar-refractivity contribution is 7.22. The fourth-order valence-corrected chi connectivity index (χ4v) is 5.00. The van der Waals surface area contributed by atoms with E-state index in [1.807, 2.05) is 36.1 Å². The van der Waals surface area contributed by atoms with Crippen LogP contribution in [0.5, 0.6) is 0 Å². The molecule has 1 aliphatic heterocycles. The number of non-ortho nitro benzene ring substituents is 1. The third kappa shape index (κ3) is 5.31. The molecular weight excluding hydrogens is 499 g/mol. The van der Waals surface area contributed by atoms with Gasteiger partial charge in [0.05, 0.1) is 22.4 Å². The number of carbonyl (C=O) groups is 1. The van der Waals surface area contributed by atoms with Gasteiger partial charge in [-0.15, -0.1) is 0 Å². The lowest BCUT2D eigenvalue weighted by Crippen LogP contribution is -2.50. The van der Waals surface area contributed by atoms with Gasteiger partial charge in [-0.05, 0) is 25.1 Å². The zero-order valence-corrected chi connectivity index (χ0v) is 20.2. The van der Waals surface area contributed by atoms with Crippen LogP contribution in [0.4, 0.5) is 29.7 Å². The highest BCUT2D eigenvalue weighted by Gasteiger charge is 2.34. The van der Waals surface area contributed by atoms with E-state index in [1.54, 1.807) is 16.8 Å². The molecule has 0 unspecified atom stereocenters. The summed E-state index contributed by atoms with van der Waals surface area (Å²) in [6.07, 6.45) is -4.84. The third-order valence-electron chi connectivity index (χ3n) is 6.01. The molecule has 1 amide bonds. The van der Waals surface area contributed by atoms with Gasteiger partial charge < -0.3 is 9.80 Å². The highest BCUT2D eigenvalue weighted by atomic mass is 32.1. The number of halogens is 3. The number of carbonyl (C=O) groups excluding carboxylic acids is 1. The number of benzene rings is 2. The molecule has 3 aromatic rings. The predicted octanol–water partition coefficient (Wildman–Crippen LogP) is 3.68. The third-order valence-corrected chi connectivity index (χ3v) is 7.18. The molecule has 0 atom stereocenters. The molecule has 36 heavy (non-hydrogen) atoms. The fourth-order valence-electron chi connectivity index (χ4n) is 3.88. The number of nitrogens with zero attached hydrogens (tertiary/aromatic N) is 5. The zero-order chi connectivity index (χ0) is 26.2. The molecule has 0 saturated carbocycles. The number of amides is 1. The van der Waals surface area contributed by atoms with Crippen LogP contribution in [0.1, 0.15) is 11.1 Å². The molecule has 1 fully saturated rings. The van der Waals surface area contributed by atoms with Crippen molar-refractivity contribution in [2.24, 2.45) is 0 Å². The number of hydrogen-bond acceptors (Lipinski definition) is 8. The van der Waals surface area contributed by atoms with Crippen molar-refractivity contribution in [2.75, 3.05) is 49.6 Å². The number of rotatable bonds is 5. The van der Waals surface area contributed by atoms with Crippen molar-refractivity contribution in [3.8, 4) is 0 Å². The molecule has 0 aliphatic carbocycles. The Morgan fingerprint density at radius 1 is 1.17 bits per heavy atom. The minimum atomic E-state index is -4.84. The lowest BCUT2D eigenvalue weighted by molar-refractivity contribution is -0.383. The van der Waals surface area contributed by atoms with Gasteiger partial charge in [0.2, 0.25) is 5.91 Å². The molecule has 0 bridgehead atoms. The Hall–Kier alpha value is -3.58. The van der Waals surface area contributed by atoms with Crippen molar-refractivity contribution in [3.05, 3.63) is 68.0 Å². The van der Waals surface area contributed by atoms with Gasteiger partial charge in [0, 0.05) is 45.0 Å². The van der Waals surface area contributed by atoms with Crippen LogP contribution in [0.25, 0.3) is 10.1 Å². The summed E-state index contributed by atoms with van der Waals surface area (Å²) in [7, 11) is 1.71. The second kappa shape index (κ2) is 9.82. The van der Waals surface area contributed by atoms with Gasteiger partial charge >= 0.3 is 6.18 Å². The van der Waals surface area contributed by atoms with Crippen LogP contribution in [0.3, 0.4) is 0 Å². The van der Waals surface area contributed by atoms with E-state index in [-0.39, 0.29) is 22.3 Å². The quantitative estimate of drug-likeness (QED) is 0.373. The maximum Gasteiger partial charge on any atom is 0.416 e. The topological polar surface area (TPSA) is 99.9 Å². The van der Waals surface area contributed by atoms with E-state index in [0.29, 0.717) is 38.3 Å². The Kier molecular flexibility index (Phi) is 6.96. The Morgan fingerprint density at radius 2 is 1.81 bits per heavy atom. The molecule has 4 rings (SSSR count). The molecule has 1 aromatic heterocycles. The molecule has 1 aliphatic rings. The molecule has 13 heteroatoms. The number of aryl methyl sites for hydroxylation is 1. The second-order valence-corrected chi connectivity index (χ2v) is 9.46. The molecule has 2 aromatic carbocycles.